The average Bonchev–Trinajstić information content (AvgIpc) is 2.24. The fraction of sp³-hybridized carbons (Fsp3) is 1.00. The topological polar surface area (TPSA) is 79.2 Å². The summed E-state index contributed by atoms with van der Waals surface area (Å²) < 4.78 is 8.94. The Kier molecular flexibility index (Phi) is 12.6. The van der Waals surface area contributed by atoms with Crippen LogP contribution < -0.4 is 0 Å². The SMILES string of the molecule is CCC(CO)(CO)CO.COCOC. The maximum absolute atomic E-state index is 8.66. The predicted octanol–water partition coefficient (Wildman–Crippen LogP) is -0.404. The molecule has 0 heterocycles. The van der Waals surface area contributed by atoms with Crippen LogP contribution in [0.2, 0.25) is 0 Å². The maximum Gasteiger partial charge on any atom is 0.145 e. The van der Waals surface area contributed by atoms with E-state index >= 15 is 0 Å². The van der Waals surface area contributed by atoms with Gasteiger partial charge < -0.3 is 24.8 Å². The molecule has 0 amide bonds. The first-order valence-corrected chi connectivity index (χ1v) is 4.46. The molecule has 0 saturated heterocycles. The smallest absolute Gasteiger partial charge is 0.145 e. The van der Waals surface area contributed by atoms with Gasteiger partial charge >= 0.3 is 0 Å². The van der Waals surface area contributed by atoms with E-state index in [1.807, 2.05) is 6.92 Å². The zero-order valence-corrected chi connectivity index (χ0v) is 9.19. The third-order valence-corrected chi connectivity index (χ3v) is 1.99. The van der Waals surface area contributed by atoms with Crippen LogP contribution in [0.5, 0.6) is 0 Å². The molecule has 0 aromatic rings. The molecule has 0 aliphatic rings. The molecule has 0 spiro atoms. The molecule has 3 N–H and O–H groups in total. The Morgan fingerprint density at radius 2 is 1.29 bits per heavy atom. The second-order valence-corrected chi connectivity index (χ2v) is 3.02. The normalized spacial score (nSPS) is 10.7. The van der Waals surface area contributed by atoms with Crippen LogP contribution in [0.15, 0.2) is 0 Å². The van der Waals surface area contributed by atoms with E-state index in [4.69, 9.17) is 15.3 Å². The minimum atomic E-state index is -0.667. The van der Waals surface area contributed by atoms with Gasteiger partial charge in [0.1, 0.15) is 6.79 Å². The molecule has 0 atom stereocenters. The van der Waals surface area contributed by atoms with Crippen molar-refractivity contribution in [3.8, 4) is 0 Å². The lowest BCUT2D eigenvalue weighted by molar-refractivity contribution is -0.00272. The van der Waals surface area contributed by atoms with Gasteiger partial charge in [0.25, 0.3) is 0 Å². The molecule has 0 bridgehead atoms. The molecule has 0 unspecified atom stereocenters. The first-order chi connectivity index (χ1) is 6.66. The van der Waals surface area contributed by atoms with E-state index in [1.165, 1.54) is 0 Å². The summed E-state index contributed by atoms with van der Waals surface area (Å²) in [6.45, 7) is 1.74. The minimum Gasteiger partial charge on any atom is -0.396 e. The van der Waals surface area contributed by atoms with E-state index in [-0.39, 0.29) is 19.8 Å². The lowest BCUT2D eigenvalue weighted by Crippen LogP contribution is -2.32. The summed E-state index contributed by atoms with van der Waals surface area (Å²) in [5.74, 6) is 0. The monoisotopic (exact) mass is 210 g/mol. The second kappa shape index (κ2) is 10.9. The first kappa shape index (κ1) is 16.2. The van der Waals surface area contributed by atoms with Crippen molar-refractivity contribution in [1.29, 1.82) is 0 Å². The number of aliphatic hydroxyl groups is 3. The van der Waals surface area contributed by atoms with Gasteiger partial charge in [-0.15, -0.1) is 0 Å². The van der Waals surface area contributed by atoms with Gasteiger partial charge in [-0.2, -0.15) is 0 Å². The summed E-state index contributed by atoms with van der Waals surface area (Å²) in [6, 6.07) is 0. The zero-order chi connectivity index (χ0) is 11.4. The Hall–Kier alpha value is -0.200. The highest BCUT2D eigenvalue weighted by molar-refractivity contribution is 4.74. The highest BCUT2D eigenvalue weighted by Gasteiger charge is 2.24. The summed E-state index contributed by atoms with van der Waals surface area (Å²) in [7, 11) is 3.17. The number of hydrogen-bond donors (Lipinski definition) is 3. The molecule has 0 aromatic carbocycles. The van der Waals surface area contributed by atoms with Gasteiger partial charge in [0.2, 0.25) is 0 Å². The summed E-state index contributed by atoms with van der Waals surface area (Å²) in [5, 5.41) is 26.0. The van der Waals surface area contributed by atoms with Crippen molar-refractivity contribution < 1.29 is 24.8 Å². The van der Waals surface area contributed by atoms with Crippen molar-refractivity contribution in [2.45, 2.75) is 13.3 Å². The van der Waals surface area contributed by atoms with Crippen molar-refractivity contribution in [1.82, 2.24) is 0 Å². The Labute approximate surface area is 85.3 Å². The van der Waals surface area contributed by atoms with Crippen LogP contribution in [0.3, 0.4) is 0 Å². The van der Waals surface area contributed by atoms with E-state index in [0.29, 0.717) is 13.2 Å². The van der Waals surface area contributed by atoms with E-state index in [0.717, 1.165) is 0 Å². The molecule has 0 saturated carbocycles. The second-order valence-electron chi connectivity index (χ2n) is 3.02. The molecular formula is C9H22O5. The first-order valence-electron chi connectivity index (χ1n) is 4.46. The molecule has 0 aliphatic carbocycles. The van der Waals surface area contributed by atoms with Gasteiger partial charge in [-0.05, 0) is 6.42 Å². The fourth-order valence-electron chi connectivity index (χ4n) is 0.603. The van der Waals surface area contributed by atoms with Gasteiger partial charge in [-0.1, -0.05) is 6.92 Å². The predicted molar refractivity (Wildman–Crippen MR) is 52.9 cm³/mol. The van der Waals surface area contributed by atoms with Crippen molar-refractivity contribution in [2.75, 3.05) is 40.8 Å². The largest absolute Gasteiger partial charge is 0.396 e. The summed E-state index contributed by atoms with van der Waals surface area (Å²) in [5.41, 5.74) is -0.667. The standard InChI is InChI=1S/C6H14O3.C3H8O2/c1-2-6(3-7,4-8)5-9;1-4-3-5-2/h7-9H,2-5H2,1H3;3H2,1-2H3. The summed E-state index contributed by atoms with van der Waals surface area (Å²) >= 11 is 0. The number of hydrogen-bond acceptors (Lipinski definition) is 5. The third kappa shape index (κ3) is 7.23. The van der Waals surface area contributed by atoms with Crippen LogP contribution in [0.1, 0.15) is 13.3 Å². The third-order valence-electron chi connectivity index (χ3n) is 1.99. The molecule has 88 valence electrons. The quantitative estimate of drug-likeness (QED) is 0.520. The molecule has 0 radical (unpaired) electrons. The van der Waals surface area contributed by atoms with Crippen LogP contribution in [0, 0.1) is 5.41 Å². The van der Waals surface area contributed by atoms with Crippen LogP contribution in [0.25, 0.3) is 0 Å². The Morgan fingerprint density at radius 3 is 1.29 bits per heavy atom. The highest BCUT2D eigenvalue weighted by Crippen LogP contribution is 2.18. The van der Waals surface area contributed by atoms with Crippen molar-refractivity contribution >= 4 is 0 Å². The van der Waals surface area contributed by atoms with Gasteiger partial charge in [0.05, 0.1) is 19.8 Å². The molecule has 14 heavy (non-hydrogen) atoms. The average molecular weight is 210 g/mol. The van der Waals surface area contributed by atoms with Crippen molar-refractivity contribution in [3.63, 3.8) is 0 Å². The molecule has 5 nitrogen and oxygen atoms in total. The summed E-state index contributed by atoms with van der Waals surface area (Å²) in [4.78, 5) is 0. The van der Waals surface area contributed by atoms with E-state index in [9.17, 15) is 0 Å². The maximum atomic E-state index is 8.66. The van der Waals surface area contributed by atoms with Crippen LogP contribution >= 0.6 is 0 Å². The lowest BCUT2D eigenvalue weighted by atomic mass is 9.88. The van der Waals surface area contributed by atoms with Gasteiger partial charge in [0, 0.05) is 19.6 Å². The van der Waals surface area contributed by atoms with Gasteiger partial charge in [-0.3, -0.25) is 0 Å². The Balaban J connectivity index is 0. The van der Waals surface area contributed by atoms with Gasteiger partial charge in [-0.25, -0.2) is 0 Å². The van der Waals surface area contributed by atoms with Crippen LogP contribution in [-0.4, -0.2) is 56.2 Å². The van der Waals surface area contributed by atoms with Crippen LogP contribution in [-0.2, 0) is 9.47 Å². The molecule has 0 aromatic heterocycles. The number of methoxy groups -OCH3 is 2. The number of rotatable bonds is 6. The molecule has 5 heteroatoms. The fourth-order valence-corrected chi connectivity index (χ4v) is 0.603. The van der Waals surface area contributed by atoms with E-state index in [2.05, 4.69) is 9.47 Å². The van der Waals surface area contributed by atoms with Gasteiger partial charge in [0.15, 0.2) is 0 Å². The van der Waals surface area contributed by atoms with Crippen molar-refractivity contribution in [2.24, 2.45) is 5.41 Å². The van der Waals surface area contributed by atoms with E-state index < -0.39 is 5.41 Å². The minimum absolute atomic E-state index is 0.156. The van der Waals surface area contributed by atoms with E-state index in [1.54, 1.807) is 14.2 Å². The molecule has 0 rings (SSSR count). The lowest BCUT2D eigenvalue weighted by Gasteiger charge is -2.24. The zero-order valence-electron chi connectivity index (χ0n) is 9.19. The number of ether oxygens (including phenoxy) is 2. The Bertz CT molecular complexity index is 83.9. The number of aliphatic hydroxyl groups excluding tert-OH is 3. The molecule has 0 aliphatic heterocycles. The summed E-state index contributed by atoms with van der Waals surface area (Å²) in [6.07, 6.45) is 0.594. The molecule has 0 fully saturated rings. The van der Waals surface area contributed by atoms with Crippen molar-refractivity contribution in [3.05, 3.63) is 0 Å². The highest BCUT2D eigenvalue weighted by atomic mass is 16.6. The van der Waals surface area contributed by atoms with Crippen LogP contribution in [0.4, 0.5) is 0 Å². The molecular weight excluding hydrogens is 188 g/mol. The Morgan fingerprint density at radius 1 is 0.929 bits per heavy atom.